The van der Waals surface area contributed by atoms with Crippen molar-refractivity contribution < 1.29 is 2.74 Å². The van der Waals surface area contributed by atoms with Crippen LogP contribution in [0.2, 0.25) is 0 Å². The summed E-state index contributed by atoms with van der Waals surface area (Å²) in [5.74, 6) is 0. The highest BCUT2D eigenvalue weighted by Gasteiger charge is 2.15. The molecular formula is C28H27NS. The maximum absolute atomic E-state index is 8.66. The second kappa shape index (κ2) is 6.92. The minimum absolute atomic E-state index is 0.477. The van der Waals surface area contributed by atoms with E-state index in [-0.39, 0.29) is 0 Å². The van der Waals surface area contributed by atoms with Gasteiger partial charge in [0, 0.05) is 30.0 Å². The number of benzene rings is 3. The number of aromatic nitrogens is 1. The van der Waals surface area contributed by atoms with E-state index in [9.17, 15) is 0 Å². The number of rotatable bonds is 2. The minimum atomic E-state index is -1.41. The summed E-state index contributed by atoms with van der Waals surface area (Å²) in [7, 11) is 0. The van der Waals surface area contributed by atoms with Gasteiger partial charge in [0.1, 0.15) is 0 Å². The Hall–Kier alpha value is -2.71. The van der Waals surface area contributed by atoms with Gasteiger partial charge in [0.05, 0.1) is 10.4 Å². The zero-order valence-electron chi connectivity index (χ0n) is 20.1. The van der Waals surface area contributed by atoms with E-state index in [0.29, 0.717) is 0 Å². The molecule has 150 valence electrons. The van der Waals surface area contributed by atoms with Gasteiger partial charge in [-0.05, 0) is 60.2 Å². The maximum atomic E-state index is 8.66. The zero-order valence-corrected chi connectivity index (χ0v) is 18.9. The van der Waals surface area contributed by atoms with Crippen LogP contribution in [0.1, 0.15) is 40.2 Å². The molecule has 3 aromatic carbocycles. The van der Waals surface area contributed by atoms with E-state index in [1.165, 1.54) is 36.7 Å². The molecule has 0 atom stereocenters. The van der Waals surface area contributed by atoms with Crippen molar-refractivity contribution in [3.63, 3.8) is 0 Å². The number of aryl methyl sites for hydroxylation is 2. The first-order valence-electron chi connectivity index (χ1n) is 11.4. The van der Waals surface area contributed by atoms with Crippen molar-refractivity contribution in [3.8, 4) is 11.3 Å². The fraction of sp³-hybridized carbons (Fsp3) is 0.250. The van der Waals surface area contributed by atoms with Crippen molar-refractivity contribution >= 4 is 42.3 Å². The summed E-state index contributed by atoms with van der Waals surface area (Å²) in [6, 6.07) is 19.1. The van der Waals surface area contributed by atoms with Crippen LogP contribution in [0.5, 0.6) is 0 Å². The lowest BCUT2D eigenvalue weighted by Crippen LogP contribution is -2.08. The van der Waals surface area contributed by atoms with Crippen LogP contribution < -0.4 is 0 Å². The Morgan fingerprint density at radius 1 is 0.833 bits per heavy atom. The van der Waals surface area contributed by atoms with Crippen molar-refractivity contribution in [2.24, 2.45) is 5.41 Å². The van der Waals surface area contributed by atoms with E-state index in [2.05, 4.69) is 56.3 Å². The summed E-state index contributed by atoms with van der Waals surface area (Å²) in [5, 5.41) is 4.71. The molecule has 0 fully saturated rings. The van der Waals surface area contributed by atoms with E-state index >= 15 is 0 Å². The standard InChI is InChI=1S/C28H27NS/c1-17-12-18(2)14-21(13-17)25-27-24(10-11-29-25)23-9-7-20-15-19(16-28(3,4)5)6-8-22(20)26(23)30-27/h6-15H,16H2,1-5H3/i16D2. The second-order valence-electron chi connectivity index (χ2n) is 9.27. The summed E-state index contributed by atoms with van der Waals surface area (Å²) < 4.78 is 19.8. The quantitative estimate of drug-likeness (QED) is 0.284. The van der Waals surface area contributed by atoms with Gasteiger partial charge in [-0.1, -0.05) is 68.3 Å². The lowest BCUT2D eigenvalue weighted by atomic mass is 9.87. The summed E-state index contributed by atoms with van der Waals surface area (Å²) in [4.78, 5) is 4.77. The third-order valence-electron chi connectivity index (χ3n) is 5.38. The predicted octanol–water partition coefficient (Wildman–Crippen LogP) is 8.48. The molecule has 0 aliphatic rings. The Kier molecular flexibility index (Phi) is 3.93. The molecule has 2 heterocycles. The normalized spacial score (nSPS) is 13.8. The molecule has 5 rings (SSSR count). The molecule has 5 aromatic rings. The molecule has 2 heteroatoms. The molecule has 0 N–H and O–H groups in total. The van der Waals surface area contributed by atoms with Crippen molar-refractivity contribution in [2.45, 2.75) is 41.0 Å². The van der Waals surface area contributed by atoms with E-state index in [1.807, 2.05) is 39.1 Å². The molecule has 0 bridgehead atoms. The Bertz CT molecular complexity index is 1490. The van der Waals surface area contributed by atoms with Crippen LogP contribution >= 0.6 is 11.3 Å². The van der Waals surface area contributed by atoms with Gasteiger partial charge in [-0.15, -0.1) is 11.3 Å². The van der Waals surface area contributed by atoms with Gasteiger partial charge in [0.2, 0.25) is 0 Å². The number of thiophene rings is 1. The number of hydrogen-bond acceptors (Lipinski definition) is 2. The summed E-state index contributed by atoms with van der Waals surface area (Å²) >= 11 is 1.79. The highest BCUT2D eigenvalue weighted by atomic mass is 32.1. The van der Waals surface area contributed by atoms with Crippen LogP contribution in [-0.2, 0) is 6.37 Å². The third kappa shape index (κ3) is 3.40. The Labute approximate surface area is 185 Å². The van der Waals surface area contributed by atoms with Crippen LogP contribution in [-0.4, -0.2) is 4.98 Å². The van der Waals surface area contributed by atoms with Crippen LogP contribution in [0.25, 0.3) is 42.2 Å². The second-order valence-corrected chi connectivity index (χ2v) is 10.3. The van der Waals surface area contributed by atoms with Crippen molar-refractivity contribution in [1.82, 2.24) is 4.98 Å². The molecule has 0 saturated carbocycles. The van der Waals surface area contributed by atoms with E-state index in [1.54, 1.807) is 11.3 Å². The molecule has 30 heavy (non-hydrogen) atoms. The van der Waals surface area contributed by atoms with Crippen LogP contribution in [0.3, 0.4) is 0 Å². The highest BCUT2D eigenvalue weighted by molar-refractivity contribution is 7.27. The molecule has 1 nitrogen and oxygen atoms in total. The first-order chi connectivity index (χ1) is 15.1. The van der Waals surface area contributed by atoms with Gasteiger partial charge in [-0.3, -0.25) is 4.98 Å². The van der Waals surface area contributed by atoms with E-state index in [4.69, 9.17) is 7.73 Å². The number of fused-ring (bicyclic) bond motifs is 5. The van der Waals surface area contributed by atoms with Gasteiger partial charge in [0.25, 0.3) is 0 Å². The summed E-state index contributed by atoms with van der Waals surface area (Å²) in [5.41, 5.74) is 4.93. The predicted molar refractivity (Wildman–Crippen MR) is 133 cm³/mol. The van der Waals surface area contributed by atoms with Crippen LogP contribution in [0, 0.1) is 19.3 Å². The van der Waals surface area contributed by atoms with Gasteiger partial charge in [-0.25, -0.2) is 0 Å². The van der Waals surface area contributed by atoms with Crippen molar-refractivity contribution in [3.05, 3.63) is 77.5 Å². The van der Waals surface area contributed by atoms with Gasteiger partial charge in [0.15, 0.2) is 0 Å². The fourth-order valence-corrected chi connectivity index (χ4v) is 5.66. The molecule has 0 aliphatic heterocycles. The van der Waals surface area contributed by atoms with Gasteiger partial charge in [-0.2, -0.15) is 0 Å². The third-order valence-corrected chi connectivity index (χ3v) is 6.65. The molecule has 0 aliphatic carbocycles. The van der Waals surface area contributed by atoms with Gasteiger partial charge < -0.3 is 0 Å². The fourth-order valence-electron chi connectivity index (χ4n) is 4.32. The average Bonchev–Trinajstić information content (AvgIpc) is 3.11. The molecular weight excluding hydrogens is 382 g/mol. The molecule has 2 aromatic heterocycles. The van der Waals surface area contributed by atoms with Crippen molar-refractivity contribution in [1.29, 1.82) is 0 Å². The zero-order chi connectivity index (χ0) is 22.8. The highest BCUT2D eigenvalue weighted by Crippen LogP contribution is 2.42. The lowest BCUT2D eigenvalue weighted by molar-refractivity contribution is 0.411. The molecule has 0 spiro atoms. The van der Waals surface area contributed by atoms with Crippen molar-refractivity contribution in [2.75, 3.05) is 0 Å². The Morgan fingerprint density at radius 2 is 1.53 bits per heavy atom. The largest absolute Gasteiger partial charge is 0.255 e. The first-order valence-corrected chi connectivity index (χ1v) is 11.2. The average molecular weight is 412 g/mol. The summed E-state index contributed by atoms with van der Waals surface area (Å²) in [6.45, 7) is 10.1. The van der Waals surface area contributed by atoms with Crippen LogP contribution in [0.15, 0.2) is 60.8 Å². The lowest BCUT2D eigenvalue weighted by Gasteiger charge is -2.18. The van der Waals surface area contributed by atoms with E-state index in [0.717, 1.165) is 22.2 Å². The SMILES string of the molecule is [2H]C([2H])(c1ccc2c(ccc3c4ccnc(-c5cc(C)cc(C)c5)c4sc23)c1)C(C)(C)C. The number of hydrogen-bond donors (Lipinski definition) is 0. The maximum Gasteiger partial charge on any atom is 0.0880 e. The topological polar surface area (TPSA) is 12.9 Å². The molecule has 0 amide bonds. The number of nitrogens with zero attached hydrogens (tertiary/aromatic N) is 1. The summed E-state index contributed by atoms with van der Waals surface area (Å²) in [6.07, 6.45) is 0.503. The first kappa shape index (κ1) is 17.0. The number of pyridine rings is 1. The molecule has 0 saturated heterocycles. The minimum Gasteiger partial charge on any atom is -0.255 e. The Morgan fingerprint density at radius 3 is 2.27 bits per heavy atom. The molecule has 0 radical (unpaired) electrons. The Balaban J connectivity index is 1.76. The molecule has 0 unspecified atom stereocenters. The monoisotopic (exact) mass is 411 g/mol. The van der Waals surface area contributed by atoms with E-state index < -0.39 is 11.8 Å². The smallest absolute Gasteiger partial charge is 0.0880 e. The van der Waals surface area contributed by atoms with Crippen LogP contribution in [0.4, 0.5) is 0 Å². The van der Waals surface area contributed by atoms with Gasteiger partial charge >= 0.3 is 0 Å².